The fraction of sp³-hybridized carbons (Fsp3) is 0.345. The molecule has 41 heavy (non-hydrogen) atoms. The van der Waals surface area contributed by atoms with Crippen LogP contribution in [0.2, 0.25) is 0 Å². The summed E-state index contributed by atoms with van der Waals surface area (Å²) in [5, 5.41) is 14.1. The lowest BCUT2D eigenvalue weighted by Gasteiger charge is -2.14. The number of aromatic nitrogens is 5. The van der Waals surface area contributed by atoms with Gasteiger partial charge in [0.25, 0.3) is 11.5 Å². The van der Waals surface area contributed by atoms with Crippen molar-refractivity contribution in [3.05, 3.63) is 76.2 Å². The van der Waals surface area contributed by atoms with Crippen LogP contribution in [0.4, 0.5) is 10.2 Å². The summed E-state index contributed by atoms with van der Waals surface area (Å²) in [5.41, 5.74) is 2.25. The lowest BCUT2D eigenvalue weighted by atomic mass is 9.99. The lowest BCUT2D eigenvalue weighted by molar-refractivity contribution is 0.102. The molecule has 0 unspecified atom stereocenters. The predicted molar refractivity (Wildman–Crippen MR) is 151 cm³/mol. The molecule has 0 aliphatic heterocycles. The highest BCUT2D eigenvalue weighted by Crippen LogP contribution is 2.35. The summed E-state index contributed by atoms with van der Waals surface area (Å²) in [6.07, 6.45) is 5.14. The van der Waals surface area contributed by atoms with Crippen molar-refractivity contribution in [3.63, 3.8) is 0 Å². The van der Waals surface area contributed by atoms with E-state index in [9.17, 15) is 14.0 Å². The molecule has 1 aliphatic rings. The van der Waals surface area contributed by atoms with E-state index in [1.54, 1.807) is 47.6 Å². The molecule has 1 aliphatic carbocycles. The maximum absolute atomic E-state index is 14.3. The van der Waals surface area contributed by atoms with Gasteiger partial charge in [0, 0.05) is 51.1 Å². The summed E-state index contributed by atoms with van der Waals surface area (Å²) < 4.78 is 28.4. The highest BCUT2D eigenvalue weighted by molar-refractivity contribution is 6.04. The van der Waals surface area contributed by atoms with E-state index >= 15 is 0 Å². The fourth-order valence-electron chi connectivity index (χ4n) is 4.56. The predicted octanol–water partition coefficient (Wildman–Crippen LogP) is 3.57. The van der Waals surface area contributed by atoms with Crippen molar-refractivity contribution in [1.29, 1.82) is 0 Å². The Labute approximate surface area is 236 Å². The standard InChI is InChI=1S/C29H32FN7O4/c1-4-41-26-13-19(22-8-5-20(30)14-23(22)27-35-32-17-36(27)2)12-25(33-26)34-28(38)24-11-18(15-31-9-10-40-3)16-37(29(24)39)21-6-7-21/h5,8,11-14,16-17,21,31H,4,6-7,9-10,15H2,1-3H3,(H,33,34,38). The Morgan fingerprint density at radius 1 is 1.17 bits per heavy atom. The minimum atomic E-state index is -0.581. The number of aryl methyl sites for hydroxylation is 1. The first-order chi connectivity index (χ1) is 19.9. The normalized spacial score (nSPS) is 12.9. The monoisotopic (exact) mass is 561 g/mol. The van der Waals surface area contributed by atoms with Gasteiger partial charge in [0.05, 0.1) is 13.2 Å². The second kappa shape index (κ2) is 12.4. The average molecular weight is 562 g/mol. The lowest BCUT2D eigenvalue weighted by Crippen LogP contribution is -2.30. The molecule has 0 bridgehead atoms. The molecule has 1 amide bonds. The minimum absolute atomic E-state index is 0.0228. The number of hydrogen-bond acceptors (Lipinski definition) is 8. The van der Waals surface area contributed by atoms with Crippen LogP contribution in [0, 0.1) is 5.82 Å². The quantitative estimate of drug-likeness (QED) is 0.252. The van der Waals surface area contributed by atoms with Crippen LogP contribution in [0.5, 0.6) is 5.88 Å². The van der Waals surface area contributed by atoms with Gasteiger partial charge < -0.3 is 29.2 Å². The highest BCUT2D eigenvalue weighted by atomic mass is 19.1. The molecule has 1 fully saturated rings. The third-order valence-electron chi connectivity index (χ3n) is 6.68. The number of rotatable bonds is 12. The summed E-state index contributed by atoms with van der Waals surface area (Å²) in [6, 6.07) is 9.42. The van der Waals surface area contributed by atoms with Crippen LogP contribution in [-0.2, 0) is 18.3 Å². The Morgan fingerprint density at radius 3 is 2.71 bits per heavy atom. The van der Waals surface area contributed by atoms with Gasteiger partial charge in [0.2, 0.25) is 5.88 Å². The number of anilines is 1. The van der Waals surface area contributed by atoms with Gasteiger partial charge in [-0.1, -0.05) is 6.07 Å². The number of ether oxygens (including phenoxy) is 2. The Bertz CT molecular complexity index is 1610. The van der Waals surface area contributed by atoms with E-state index in [-0.39, 0.29) is 28.9 Å². The number of halogens is 1. The maximum Gasteiger partial charge on any atom is 0.263 e. The number of nitrogens with one attached hydrogen (secondary N) is 2. The molecule has 11 nitrogen and oxygen atoms in total. The first-order valence-electron chi connectivity index (χ1n) is 13.4. The molecular formula is C29H32FN7O4. The molecule has 3 aromatic heterocycles. The van der Waals surface area contributed by atoms with E-state index in [1.165, 1.54) is 18.5 Å². The molecule has 214 valence electrons. The van der Waals surface area contributed by atoms with Gasteiger partial charge in [-0.25, -0.2) is 4.39 Å². The molecule has 0 saturated heterocycles. The molecule has 0 radical (unpaired) electrons. The highest BCUT2D eigenvalue weighted by Gasteiger charge is 2.27. The van der Waals surface area contributed by atoms with Gasteiger partial charge in [-0.2, -0.15) is 4.98 Å². The number of methoxy groups -OCH3 is 1. The molecule has 12 heteroatoms. The molecule has 2 N–H and O–H groups in total. The summed E-state index contributed by atoms with van der Waals surface area (Å²) in [4.78, 5) is 31.2. The van der Waals surface area contributed by atoms with E-state index in [0.717, 1.165) is 18.4 Å². The molecule has 0 atom stereocenters. The van der Waals surface area contributed by atoms with Gasteiger partial charge in [-0.3, -0.25) is 9.59 Å². The smallest absolute Gasteiger partial charge is 0.263 e. The third-order valence-corrected chi connectivity index (χ3v) is 6.68. The number of hydrogen-bond donors (Lipinski definition) is 2. The third kappa shape index (κ3) is 6.50. The van der Waals surface area contributed by atoms with Crippen LogP contribution in [0.1, 0.15) is 41.7 Å². The average Bonchev–Trinajstić information content (AvgIpc) is 3.71. The second-order valence-corrected chi connectivity index (χ2v) is 9.80. The van der Waals surface area contributed by atoms with Crippen LogP contribution in [0.15, 0.2) is 53.7 Å². The van der Waals surface area contributed by atoms with Crippen LogP contribution in [-0.4, -0.2) is 57.1 Å². The van der Waals surface area contributed by atoms with Crippen molar-refractivity contribution in [2.75, 3.05) is 32.2 Å². The zero-order chi connectivity index (χ0) is 28.9. The minimum Gasteiger partial charge on any atom is -0.478 e. The Hall–Kier alpha value is -4.42. The Kier molecular flexibility index (Phi) is 8.50. The topological polar surface area (TPSA) is 125 Å². The van der Waals surface area contributed by atoms with Gasteiger partial charge in [-0.05, 0) is 60.7 Å². The SMILES string of the molecule is CCOc1cc(-c2ccc(F)cc2-c2nncn2C)cc(NC(=O)c2cc(CNCCOC)cn(C3CC3)c2=O)n1. The number of carbonyl (C=O) groups is 1. The van der Waals surface area contributed by atoms with E-state index in [2.05, 4.69) is 25.8 Å². The van der Waals surface area contributed by atoms with Gasteiger partial charge in [0.1, 0.15) is 23.5 Å². The van der Waals surface area contributed by atoms with Crippen molar-refractivity contribution >= 4 is 11.7 Å². The largest absolute Gasteiger partial charge is 0.478 e. The molecular weight excluding hydrogens is 529 g/mol. The number of amides is 1. The van der Waals surface area contributed by atoms with E-state index in [0.29, 0.717) is 48.8 Å². The zero-order valence-electron chi connectivity index (χ0n) is 23.2. The summed E-state index contributed by atoms with van der Waals surface area (Å²) >= 11 is 0. The molecule has 1 aromatic carbocycles. The summed E-state index contributed by atoms with van der Waals surface area (Å²) in [6.45, 7) is 3.83. The Balaban J connectivity index is 1.50. The summed E-state index contributed by atoms with van der Waals surface area (Å²) in [5.74, 6) is -0.0904. The molecule has 4 aromatic rings. The molecule has 0 spiro atoms. The molecule has 5 rings (SSSR count). The second-order valence-electron chi connectivity index (χ2n) is 9.80. The zero-order valence-corrected chi connectivity index (χ0v) is 23.2. The fourth-order valence-corrected chi connectivity index (χ4v) is 4.56. The van der Waals surface area contributed by atoms with Gasteiger partial charge in [0.15, 0.2) is 5.82 Å². The first-order valence-corrected chi connectivity index (χ1v) is 13.4. The van der Waals surface area contributed by atoms with Crippen molar-refractivity contribution in [2.45, 2.75) is 32.4 Å². The van der Waals surface area contributed by atoms with Crippen molar-refractivity contribution in [1.82, 2.24) is 29.6 Å². The van der Waals surface area contributed by atoms with Crippen molar-refractivity contribution in [3.8, 4) is 28.4 Å². The van der Waals surface area contributed by atoms with E-state index in [4.69, 9.17) is 9.47 Å². The van der Waals surface area contributed by atoms with E-state index in [1.807, 2.05) is 13.1 Å². The first kappa shape index (κ1) is 28.1. The van der Waals surface area contributed by atoms with Crippen LogP contribution < -0.4 is 20.9 Å². The van der Waals surface area contributed by atoms with Gasteiger partial charge >= 0.3 is 0 Å². The molecule has 1 saturated carbocycles. The maximum atomic E-state index is 14.3. The number of carbonyl (C=O) groups excluding carboxylic acids is 1. The van der Waals surface area contributed by atoms with Crippen LogP contribution in [0.3, 0.4) is 0 Å². The van der Waals surface area contributed by atoms with Crippen LogP contribution in [0.25, 0.3) is 22.5 Å². The van der Waals surface area contributed by atoms with Crippen LogP contribution >= 0.6 is 0 Å². The molecule has 3 heterocycles. The van der Waals surface area contributed by atoms with Crippen molar-refractivity contribution < 1.29 is 18.7 Å². The van der Waals surface area contributed by atoms with Crippen molar-refractivity contribution in [2.24, 2.45) is 7.05 Å². The Morgan fingerprint density at radius 2 is 2.00 bits per heavy atom. The van der Waals surface area contributed by atoms with Gasteiger partial charge in [-0.15, -0.1) is 10.2 Å². The number of pyridine rings is 2. The number of nitrogens with zero attached hydrogens (tertiary/aromatic N) is 5. The summed E-state index contributed by atoms with van der Waals surface area (Å²) in [7, 11) is 3.40. The number of benzene rings is 1. The van der Waals surface area contributed by atoms with E-state index < -0.39 is 11.7 Å².